The Hall–Kier alpha value is -3.45. The highest BCUT2D eigenvalue weighted by Gasteiger charge is 2.21. The van der Waals surface area contributed by atoms with Crippen LogP contribution in [-0.4, -0.2) is 11.0 Å². The minimum atomic E-state index is -0.606. The normalized spacial score (nSPS) is 11.3. The summed E-state index contributed by atoms with van der Waals surface area (Å²) >= 11 is 0. The molecule has 0 spiro atoms. The molecule has 0 fully saturated rings. The molecule has 3 rings (SSSR count). The van der Waals surface area contributed by atoms with E-state index in [9.17, 15) is 4.79 Å². The molecule has 0 amide bonds. The monoisotopic (exact) mass is 314 g/mol. The number of aromatic nitrogens is 1. The number of hydrogen-bond acceptors (Lipinski definition) is 4. The second-order valence-electron chi connectivity index (χ2n) is 5.14. The summed E-state index contributed by atoms with van der Waals surface area (Å²) in [5, 5.41) is 8.97. The number of ether oxygens (including phenoxy) is 1. The van der Waals surface area contributed by atoms with Gasteiger partial charge in [0.05, 0.1) is 22.9 Å². The van der Waals surface area contributed by atoms with Gasteiger partial charge in [0.1, 0.15) is 0 Å². The van der Waals surface area contributed by atoms with Crippen molar-refractivity contribution in [3.05, 3.63) is 101 Å². The van der Waals surface area contributed by atoms with E-state index in [4.69, 9.17) is 10.00 Å². The van der Waals surface area contributed by atoms with Crippen molar-refractivity contribution in [2.75, 3.05) is 0 Å². The van der Waals surface area contributed by atoms with Gasteiger partial charge in [-0.25, -0.2) is 4.79 Å². The molecule has 1 atom stereocenters. The molecule has 0 N–H and O–H groups in total. The van der Waals surface area contributed by atoms with Gasteiger partial charge in [-0.1, -0.05) is 42.5 Å². The molecule has 1 aromatic heterocycles. The van der Waals surface area contributed by atoms with Gasteiger partial charge in [0.25, 0.3) is 0 Å². The summed E-state index contributed by atoms with van der Waals surface area (Å²) in [6, 6.07) is 23.4. The van der Waals surface area contributed by atoms with Crippen LogP contribution < -0.4 is 0 Å². The van der Waals surface area contributed by atoms with Gasteiger partial charge < -0.3 is 4.74 Å². The lowest BCUT2D eigenvalue weighted by molar-refractivity contribution is 0.0370. The van der Waals surface area contributed by atoms with E-state index >= 15 is 0 Å². The third-order valence-electron chi connectivity index (χ3n) is 3.51. The lowest BCUT2D eigenvalue weighted by Gasteiger charge is -2.18. The summed E-state index contributed by atoms with van der Waals surface area (Å²) in [5.41, 5.74) is 2.24. The molecule has 0 saturated heterocycles. The number of rotatable bonds is 4. The van der Waals surface area contributed by atoms with Crippen LogP contribution in [0.3, 0.4) is 0 Å². The Kier molecular flexibility index (Phi) is 4.64. The van der Waals surface area contributed by atoms with Crippen molar-refractivity contribution in [1.29, 1.82) is 5.26 Å². The summed E-state index contributed by atoms with van der Waals surface area (Å²) in [6.45, 7) is 0. The van der Waals surface area contributed by atoms with E-state index in [0.717, 1.165) is 5.56 Å². The molecule has 4 heteroatoms. The SMILES string of the molecule is N#Cc1cccc(C(=O)O[C@H](c2ccccc2)c2ccccn2)c1. The van der Waals surface area contributed by atoms with Crippen LogP contribution >= 0.6 is 0 Å². The van der Waals surface area contributed by atoms with Gasteiger partial charge >= 0.3 is 5.97 Å². The molecule has 0 bridgehead atoms. The van der Waals surface area contributed by atoms with Crippen molar-refractivity contribution in [2.24, 2.45) is 0 Å². The summed E-state index contributed by atoms with van der Waals surface area (Å²) < 4.78 is 5.70. The zero-order chi connectivity index (χ0) is 16.8. The van der Waals surface area contributed by atoms with Crippen LogP contribution in [0.5, 0.6) is 0 Å². The van der Waals surface area contributed by atoms with E-state index in [1.165, 1.54) is 6.07 Å². The summed E-state index contributed by atoms with van der Waals surface area (Å²) in [7, 11) is 0. The number of nitrogens with zero attached hydrogens (tertiary/aromatic N) is 2. The molecular weight excluding hydrogens is 300 g/mol. The fourth-order valence-electron chi connectivity index (χ4n) is 2.35. The van der Waals surface area contributed by atoms with E-state index in [1.54, 1.807) is 24.4 Å². The van der Waals surface area contributed by atoms with Crippen LogP contribution in [0.15, 0.2) is 79.0 Å². The Morgan fingerprint density at radius 2 is 1.79 bits per heavy atom. The van der Waals surface area contributed by atoms with Gasteiger partial charge in [-0.3, -0.25) is 4.98 Å². The van der Waals surface area contributed by atoms with Crippen molar-refractivity contribution in [3.8, 4) is 6.07 Å². The minimum absolute atomic E-state index is 0.339. The fraction of sp³-hybridized carbons (Fsp3) is 0.0500. The first-order chi connectivity index (χ1) is 11.8. The highest BCUT2D eigenvalue weighted by Crippen LogP contribution is 2.25. The number of benzene rings is 2. The van der Waals surface area contributed by atoms with Crippen LogP contribution in [-0.2, 0) is 4.74 Å². The molecule has 116 valence electrons. The van der Waals surface area contributed by atoms with Crippen molar-refractivity contribution in [2.45, 2.75) is 6.10 Å². The standard InChI is InChI=1S/C20H14N2O2/c21-14-15-7-6-10-17(13-15)20(23)24-19(16-8-2-1-3-9-16)18-11-4-5-12-22-18/h1-13,19H/t19-/m1/s1. The molecule has 0 aliphatic rings. The number of carbonyl (C=O) groups is 1. The molecule has 2 aromatic carbocycles. The molecule has 24 heavy (non-hydrogen) atoms. The van der Waals surface area contributed by atoms with Crippen molar-refractivity contribution in [3.63, 3.8) is 0 Å². The largest absolute Gasteiger partial charge is 0.447 e. The molecule has 0 radical (unpaired) electrons. The third kappa shape index (κ3) is 3.47. The topological polar surface area (TPSA) is 63.0 Å². The number of esters is 1. The summed E-state index contributed by atoms with van der Waals surface area (Å²) in [5.74, 6) is -0.494. The molecule has 0 saturated carbocycles. The molecular formula is C20H14N2O2. The van der Waals surface area contributed by atoms with E-state index < -0.39 is 12.1 Å². The van der Waals surface area contributed by atoms with Crippen LogP contribution in [0.1, 0.15) is 33.3 Å². The summed E-state index contributed by atoms with van der Waals surface area (Å²) in [6.07, 6.45) is 1.06. The zero-order valence-electron chi connectivity index (χ0n) is 12.8. The number of pyridine rings is 1. The molecule has 0 aliphatic carbocycles. The average molecular weight is 314 g/mol. The molecule has 1 heterocycles. The van der Waals surface area contributed by atoms with Gasteiger partial charge in [0.15, 0.2) is 6.10 Å². The molecule has 4 nitrogen and oxygen atoms in total. The van der Waals surface area contributed by atoms with E-state index in [2.05, 4.69) is 4.98 Å². The molecule has 0 unspecified atom stereocenters. The van der Waals surface area contributed by atoms with E-state index in [0.29, 0.717) is 16.8 Å². The number of nitriles is 1. The quantitative estimate of drug-likeness (QED) is 0.685. The smallest absolute Gasteiger partial charge is 0.339 e. The van der Waals surface area contributed by atoms with Crippen LogP contribution in [0.4, 0.5) is 0 Å². The van der Waals surface area contributed by atoms with Gasteiger partial charge in [-0.15, -0.1) is 0 Å². The van der Waals surface area contributed by atoms with Crippen molar-refractivity contribution >= 4 is 5.97 Å². The number of hydrogen-bond donors (Lipinski definition) is 0. The predicted molar refractivity (Wildman–Crippen MR) is 89.1 cm³/mol. The highest BCUT2D eigenvalue weighted by atomic mass is 16.5. The van der Waals surface area contributed by atoms with E-state index in [-0.39, 0.29) is 0 Å². The van der Waals surface area contributed by atoms with Crippen molar-refractivity contribution < 1.29 is 9.53 Å². The fourth-order valence-corrected chi connectivity index (χ4v) is 2.35. The maximum atomic E-state index is 12.5. The Morgan fingerprint density at radius 3 is 2.50 bits per heavy atom. The first-order valence-electron chi connectivity index (χ1n) is 7.45. The van der Waals surface area contributed by atoms with Crippen LogP contribution in [0, 0.1) is 11.3 Å². The van der Waals surface area contributed by atoms with Gasteiger partial charge in [-0.2, -0.15) is 5.26 Å². The predicted octanol–water partition coefficient (Wildman–Crippen LogP) is 3.90. The Bertz CT molecular complexity index is 831. The molecule has 3 aromatic rings. The third-order valence-corrected chi connectivity index (χ3v) is 3.51. The number of carbonyl (C=O) groups excluding carboxylic acids is 1. The maximum absolute atomic E-state index is 12.5. The van der Waals surface area contributed by atoms with Gasteiger partial charge in [-0.05, 0) is 35.9 Å². The van der Waals surface area contributed by atoms with Crippen LogP contribution in [0.25, 0.3) is 0 Å². The second kappa shape index (κ2) is 7.21. The Balaban J connectivity index is 1.92. The zero-order valence-corrected chi connectivity index (χ0v) is 12.8. The minimum Gasteiger partial charge on any atom is -0.447 e. The summed E-state index contributed by atoms with van der Waals surface area (Å²) in [4.78, 5) is 16.8. The van der Waals surface area contributed by atoms with Crippen LogP contribution in [0.2, 0.25) is 0 Å². The highest BCUT2D eigenvalue weighted by molar-refractivity contribution is 5.90. The molecule has 0 aliphatic heterocycles. The Labute approximate surface area is 140 Å². The average Bonchev–Trinajstić information content (AvgIpc) is 2.67. The van der Waals surface area contributed by atoms with Crippen molar-refractivity contribution in [1.82, 2.24) is 4.98 Å². The lowest BCUT2D eigenvalue weighted by Crippen LogP contribution is -2.14. The first kappa shape index (κ1) is 15.4. The van der Waals surface area contributed by atoms with E-state index in [1.807, 2.05) is 54.6 Å². The van der Waals surface area contributed by atoms with Gasteiger partial charge in [0, 0.05) is 6.20 Å². The first-order valence-corrected chi connectivity index (χ1v) is 7.45. The Morgan fingerprint density at radius 1 is 1.00 bits per heavy atom. The van der Waals surface area contributed by atoms with Gasteiger partial charge in [0.2, 0.25) is 0 Å². The second-order valence-corrected chi connectivity index (χ2v) is 5.14. The maximum Gasteiger partial charge on any atom is 0.339 e. The lowest BCUT2D eigenvalue weighted by atomic mass is 10.1.